The summed E-state index contributed by atoms with van der Waals surface area (Å²) in [6, 6.07) is 8.69. The van der Waals surface area contributed by atoms with Crippen molar-refractivity contribution in [2.24, 2.45) is 0 Å². The lowest BCUT2D eigenvalue weighted by atomic mass is 10.0. The first-order chi connectivity index (χ1) is 18.5. The van der Waals surface area contributed by atoms with Crippen molar-refractivity contribution in [2.75, 3.05) is 5.32 Å². The fraction of sp³-hybridized carbons (Fsp3) is 0.258. The molecule has 0 bridgehead atoms. The van der Waals surface area contributed by atoms with Crippen LogP contribution in [0.2, 0.25) is 0 Å². The van der Waals surface area contributed by atoms with E-state index in [9.17, 15) is 9.59 Å². The van der Waals surface area contributed by atoms with E-state index in [4.69, 9.17) is 5.21 Å². The molecule has 0 aliphatic heterocycles. The fourth-order valence-corrected chi connectivity index (χ4v) is 3.85. The van der Waals surface area contributed by atoms with E-state index >= 15 is 0 Å². The predicted octanol–water partition coefficient (Wildman–Crippen LogP) is 6.29. The van der Waals surface area contributed by atoms with E-state index in [0.29, 0.717) is 35.3 Å². The van der Waals surface area contributed by atoms with Crippen LogP contribution in [-0.4, -0.2) is 28.0 Å². The molecule has 0 fully saturated rings. The number of hydrogen-bond donors (Lipinski definition) is 4. The monoisotopic (exact) mass is 514 g/mol. The molecule has 3 rings (SSSR count). The molecule has 1 unspecified atom stereocenters. The molecule has 0 saturated carbocycles. The summed E-state index contributed by atoms with van der Waals surface area (Å²) in [5.74, 6) is -0.564. The molecule has 1 aliphatic carbocycles. The van der Waals surface area contributed by atoms with Crippen LogP contribution in [0.4, 0.5) is 5.69 Å². The summed E-state index contributed by atoms with van der Waals surface area (Å²) in [4.78, 5) is 30.6. The topological polar surface area (TPSA) is 103 Å². The van der Waals surface area contributed by atoms with Crippen molar-refractivity contribution in [3.63, 3.8) is 0 Å². The first kappa shape index (κ1) is 30.0. The maximum absolute atomic E-state index is 13.3. The van der Waals surface area contributed by atoms with Gasteiger partial charge in [0.05, 0.1) is 11.2 Å². The number of para-hydroxylation sites is 1. The van der Waals surface area contributed by atoms with Crippen LogP contribution in [0, 0.1) is 0 Å². The van der Waals surface area contributed by atoms with Gasteiger partial charge in [0.1, 0.15) is 6.04 Å². The maximum atomic E-state index is 13.3. The number of aromatic nitrogens is 1. The summed E-state index contributed by atoms with van der Waals surface area (Å²) >= 11 is 0. The van der Waals surface area contributed by atoms with Crippen LogP contribution in [0.3, 0.4) is 0 Å². The highest BCUT2D eigenvalue weighted by Crippen LogP contribution is 2.21. The number of benzene rings is 1. The van der Waals surface area contributed by atoms with Crippen LogP contribution >= 0.6 is 0 Å². The number of nitrogens with zero attached hydrogens (tertiary/aromatic N) is 1. The van der Waals surface area contributed by atoms with Crippen molar-refractivity contribution in [3.8, 4) is 0 Å². The molecule has 1 aromatic heterocycles. The minimum absolute atomic E-state index is 0.281. The van der Waals surface area contributed by atoms with E-state index in [0.717, 1.165) is 36.6 Å². The third-order valence-electron chi connectivity index (χ3n) is 5.96. The van der Waals surface area contributed by atoms with E-state index in [1.807, 2.05) is 54.6 Å². The molecule has 0 spiro atoms. The number of anilines is 1. The maximum Gasteiger partial charge on any atom is 0.247 e. The molecule has 2 amide bonds. The quantitative estimate of drug-likeness (QED) is 0.115. The van der Waals surface area contributed by atoms with E-state index < -0.39 is 6.04 Å². The van der Waals surface area contributed by atoms with Gasteiger partial charge in [-0.2, -0.15) is 0 Å². The molecule has 0 saturated heterocycles. The minimum atomic E-state index is -0.704. The second-order valence-electron chi connectivity index (χ2n) is 8.79. The third-order valence-corrected chi connectivity index (χ3v) is 5.96. The summed E-state index contributed by atoms with van der Waals surface area (Å²) in [5, 5.41) is 15.7. The largest absolute Gasteiger partial charge is 0.341 e. The fourth-order valence-electron chi connectivity index (χ4n) is 3.85. The molecule has 1 aliphatic rings. The summed E-state index contributed by atoms with van der Waals surface area (Å²) in [7, 11) is 0. The molecule has 7 nitrogen and oxygen atoms in total. The Hall–Kier alpha value is -4.23. The van der Waals surface area contributed by atoms with Gasteiger partial charge in [-0.05, 0) is 50.3 Å². The van der Waals surface area contributed by atoms with E-state index in [1.165, 1.54) is 0 Å². The zero-order chi connectivity index (χ0) is 27.8. The Morgan fingerprint density at radius 2 is 1.92 bits per heavy atom. The number of allylic oxidation sites excluding steroid dienone is 8. The number of pyridine rings is 1. The highest BCUT2D eigenvalue weighted by atomic mass is 16.5. The molecule has 2 aromatic rings. The summed E-state index contributed by atoms with van der Waals surface area (Å²) < 4.78 is 0. The van der Waals surface area contributed by atoms with Gasteiger partial charge in [0.15, 0.2) is 0 Å². The number of hydroxylamine groups is 1. The third kappa shape index (κ3) is 9.67. The SMILES string of the molecule is C=C.C=C(CCCCCC(NC(=O)/C(C)=C/C=C1/C=CC=CC1)C(=O)Nc1cccc2cccnc12)NO. The average Bonchev–Trinajstić information content (AvgIpc) is 2.96. The van der Waals surface area contributed by atoms with Gasteiger partial charge < -0.3 is 10.6 Å². The van der Waals surface area contributed by atoms with Crippen molar-refractivity contribution >= 4 is 28.4 Å². The van der Waals surface area contributed by atoms with Crippen molar-refractivity contribution in [2.45, 2.75) is 51.5 Å². The van der Waals surface area contributed by atoms with Crippen LogP contribution in [0.5, 0.6) is 0 Å². The molecular formula is C31H38N4O3. The molecule has 7 heteroatoms. The Morgan fingerprint density at radius 1 is 1.13 bits per heavy atom. The number of amides is 2. The van der Waals surface area contributed by atoms with E-state index in [1.54, 1.807) is 19.2 Å². The summed E-state index contributed by atoms with van der Waals surface area (Å²) in [5.41, 5.74) is 5.56. The molecular weight excluding hydrogens is 476 g/mol. The van der Waals surface area contributed by atoms with Gasteiger partial charge in [0, 0.05) is 22.9 Å². The van der Waals surface area contributed by atoms with Crippen molar-refractivity contribution < 1.29 is 14.8 Å². The number of fused-ring (bicyclic) bond motifs is 1. The summed E-state index contributed by atoms with van der Waals surface area (Å²) in [6.07, 6.45) is 17.7. The highest BCUT2D eigenvalue weighted by molar-refractivity contribution is 6.04. The van der Waals surface area contributed by atoms with Crippen LogP contribution in [-0.2, 0) is 9.59 Å². The van der Waals surface area contributed by atoms with Crippen LogP contribution in [0.15, 0.2) is 110 Å². The Balaban J connectivity index is 0.00000247. The Kier molecular flexibility index (Phi) is 13.0. The second kappa shape index (κ2) is 16.5. The molecule has 38 heavy (non-hydrogen) atoms. The molecule has 1 aromatic carbocycles. The normalized spacial score (nSPS) is 14.4. The number of unbranched alkanes of at least 4 members (excludes halogenated alkanes) is 2. The lowest BCUT2D eigenvalue weighted by Gasteiger charge is -2.19. The van der Waals surface area contributed by atoms with Gasteiger partial charge in [0.25, 0.3) is 0 Å². The van der Waals surface area contributed by atoms with E-state index in [2.05, 4.69) is 46.9 Å². The number of hydrogen-bond acceptors (Lipinski definition) is 5. The van der Waals surface area contributed by atoms with Crippen LogP contribution < -0.4 is 16.1 Å². The van der Waals surface area contributed by atoms with Crippen LogP contribution in [0.1, 0.15) is 45.4 Å². The molecule has 0 radical (unpaired) electrons. The molecule has 4 N–H and O–H groups in total. The van der Waals surface area contributed by atoms with Crippen molar-refractivity contribution in [1.29, 1.82) is 0 Å². The van der Waals surface area contributed by atoms with Gasteiger partial charge in [0.2, 0.25) is 11.8 Å². The van der Waals surface area contributed by atoms with Gasteiger partial charge >= 0.3 is 0 Å². The highest BCUT2D eigenvalue weighted by Gasteiger charge is 2.22. The predicted molar refractivity (Wildman–Crippen MR) is 155 cm³/mol. The Morgan fingerprint density at radius 3 is 2.66 bits per heavy atom. The smallest absolute Gasteiger partial charge is 0.247 e. The minimum Gasteiger partial charge on any atom is -0.341 e. The number of carbonyl (C=O) groups excluding carboxylic acids is 2. The van der Waals surface area contributed by atoms with Crippen molar-refractivity contribution in [3.05, 3.63) is 110 Å². The average molecular weight is 515 g/mol. The zero-order valence-corrected chi connectivity index (χ0v) is 22.1. The van der Waals surface area contributed by atoms with Gasteiger partial charge in [-0.25, -0.2) is 0 Å². The van der Waals surface area contributed by atoms with Gasteiger partial charge in [-0.1, -0.05) is 74.1 Å². The first-order valence-electron chi connectivity index (χ1n) is 12.7. The van der Waals surface area contributed by atoms with Crippen LogP contribution in [0.25, 0.3) is 10.9 Å². The first-order valence-corrected chi connectivity index (χ1v) is 12.7. The molecule has 1 heterocycles. The zero-order valence-electron chi connectivity index (χ0n) is 22.1. The van der Waals surface area contributed by atoms with Gasteiger partial charge in [-0.15, -0.1) is 13.2 Å². The second-order valence-corrected chi connectivity index (χ2v) is 8.79. The van der Waals surface area contributed by atoms with Crippen molar-refractivity contribution in [1.82, 2.24) is 15.8 Å². The number of nitrogens with one attached hydrogen (secondary N) is 3. The number of carbonyl (C=O) groups is 2. The molecule has 1 atom stereocenters. The van der Waals surface area contributed by atoms with E-state index in [-0.39, 0.29) is 11.8 Å². The Bertz CT molecular complexity index is 1220. The lowest BCUT2D eigenvalue weighted by molar-refractivity contribution is -0.124. The Labute approximate surface area is 225 Å². The lowest BCUT2D eigenvalue weighted by Crippen LogP contribution is -2.44. The molecule has 200 valence electrons. The van der Waals surface area contributed by atoms with Gasteiger partial charge in [-0.3, -0.25) is 25.3 Å². The number of rotatable bonds is 12. The standard InChI is InChI=1S/C29H34N4O3.C2H4/c1-21(18-19-23-12-6-4-7-13-23)28(34)32-26(16-8-3-5-11-22(2)33-36)29(35)31-25-17-9-14-24-15-10-20-30-27(24)25;1-2/h4,6-7,9-10,12,14-15,17-20,26,33,36H,2-3,5,8,11,13,16H2,1H3,(H,31,35)(H,32,34);1-2H2/b21-18+,23-19-;. The summed E-state index contributed by atoms with van der Waals surface area (Å²) in [6.45, 7) is 11.5.